The fourth-order valence-corrected chi connectivity index (χ4v) is 4.73. The van der Waals surface area contributed by atoms with Crippen molar-refractivity contribution in [2.75, 3.05) is 0 Å². The zero-order valence-corrected chi connectivity index (χ0v) is 21.1. The maximum absolute atomic E-state index is 13.3. The molecule has 1 N–H and O–H groups in total. The van der Waals surface area contributed by atoms with Gasteiger partial charge in [0.15, 0.2) is 5.01 Å². The molecule has 0 radical (unpaired) electrons. The van der Waals surface area contributed by atoms with Crippen LogP contribution in [0, 0.1) is 12.7 Å². The second-order valence-corrected chi connectivity index (χ2v) is 10.1. The molecule has 3 aromatic carbocycles. The van der Waals surface area contributed by atoms with Crippen LogP contribution in [0.3, 0.4) is 0 Å². The highest BCUT2D eigenvalue weighted by Crippen LogP contribution is 2.30. The summed E-state index contributed by atoms with van der Waals surface area (Å²) < 4.78 is 21.5. The Bertz CT molecular complexity index is 1520. The molecular weight excluding hydrogens is 511 g/mol. The summed E-state index contributed by atoms with van der Waals surface area (Å²) in [5, 5.41) is 9.35. The molecule has 37 heavy (non-hydrogen) atoms. The molecule has 1 amide bonds. The fourth-order valence-electron chi connectivity index (χ4n) is 3.93. The van der Waals surface area contributed by atoms with Crippen molar-refractivity contribution < 1.29 is 13.9 Å². The van der Waals surface area contributed by atoms with Crippen LogP contribution in [0.2, 0.25) is 5.02 Å². The van der Waals surface area contributed by atoms with E-state index in [-0.39, 0.29) is 25.2 Å². The van der Waals surface area contributed by atoms with Crippen molar-refractivity contribution in [3.05, 3.63) is 105 Å². The maximum atomic E-state index is 13.3. The van der Waals surface area contributed by atoms with Crippen LogP contribution in [-0.4, -0.2) is 26.7 Å². The summed E-state index contributed by atoms with van der Waals surface area (Å²) in [5.41, 5.74) is 2.48. The summed E-state index contributed by atoms with van der Waals surface area (Å²) in [6.07, 6.45) is 2.93. The minimum absolute atomic E-state index is 0. The number of nitrogens with zero attached hydrogens (tertiary/aromatic N) is 3. The van der Waals surface area contributed by atoms with E-state index in [1.807, 2.05) is 44.2 Å². The Labute approximate surface area is 223 Å². The summed E-state index contributed by atoms with van der Waals surface area (Å²) >= 11 is 7.44. The third-order valence-electron chi connectivity index (χ3n) is 5.70. The van der Waals surface area contributed by atoms with Crippen LogP contribution in [0.15, 0.2) is 79.1 Å². The molecule has 9 heteroatoms. The van der Waals surface area contributed by atoms with Crippen molar-refractivity contribution in [3.8, 4) is 11.4 Å². The molecular formula is C28H26ClFN4O2S. The second kappa shape index (κ2) is 11.1. The first-order valence-electron chi connectivity index (χ1n) is 11.3. The van der Waals surface area contributed by atoms with Crippen LogP contribution in [0.1, 0.15) is 40.7 Å². The highest BCUT2D eigenvalue weighted by atomic mass is 35.5. The van der Waals surface area contributed by atoms with Crippen molar-refractivity contribution in [1.29, 1.82) is 0 Å². The van der Waals surface area contributed by atoms with E-state index in [0.29, 0.717) is 15.8 Å². The van der Waals surface area contributed by atoms with Crippen molar-refractivity contribution in [2.24, 2.45) is 0 Å². The quantitative estimate of drug-likeness (QED) is 0.240. The first-order chi connectivity index (χ1) is 17.4. The van der Waals surface area contributed by atoms with Crippen molar-refractivity contribution in [3.63, 3.8) is 0 Å². The first-order valence-corrected chi connectivity index (χ1v) is 12.5. The zero-order valence-electron chi connectivity index (χ0n) is 19.5. The standard InChI is InChI=1S/C27H22ClFN4O2S.CH4/c1-16-14-30-27(36-16)26(34)32-17(2)25(18-3-5-20(28)6-4-18)35-23-11-12-24-19(13-23)15-31-33(24)22-9-7-21(29)8-10-22;/h3-15,17,25H,1-2H3,(H,32,34);1H4/t17-,25-;/m0./s1. The first kappa shape index (κ1) is 26.3. The molecule has 2 atom stereocenters. The van der Waals surface area contributed by atoms with Crippen molar-refractivity contribution in [2.45, 2.75) is 33.4 Å². The van der Waals surface area contributed by atoms with Gasteiger partial charge in [-0.15, -0.1) is 11.3 Å². The Morgan fingerprint density at radius 2 is 1.81 bits per heavy atom. The third-order valence-corrected chi connectivity index (χ3v) is 6.86. The lowest BCUT2D eigenvalue weighted by molar-refractivity contribution is 0.0881. The molecule has 190 valence electrons. The minimum atomic E-state index is -0.489. The van der Waals surface area contributed by atoms with Crippen LogP contribution in [0.25, 0.3) is 16.6 Å². The van der Waals surface area contributed by atoms with Crippen molar-refractivity contribution in [1.82, 2.24) is 20.1 Å². The number of thiazole rings is 1. The monoisotopic (exact) mass is 536 g/mol. The summed E-state index contributed by atoms with van der Waals surface area (Å²) in [4.78, 5) is 17.9. The van der Waals surface area contributed by atoms with Gasteiger partial charge in [0.05, 0.1) is 23.4 Å². The SMILES string of the molecule is C.Cc1cnc(C(=O)N[C@@H](C)[C@H](Oc2ccc3c(cnn3-c3ccc(F)cc3)c2)c2ccc(Cl)cc2)s1. The van der Waals surface area contributed by atoms with Crippen LogP contribution >= 0.6 is 22.9 Å². The van der Waals surface area contributed by atoms with Gasteiger partial charge in [-0.3, -0.25) is 4.79 Å². The van der Waals surface area contributed by atoms with Gasteiger partial charge in [-0.2, -0.15) is 5.10 Å². The average Bonchev–Trinajstić information content (AvgIpc) is 3.50. The average molecular weight is 537 g/mol. The predicted octanol–water partition coefficient (Wildman–Crippen LogP) is 7.16. The van der Waals surface area contributed by atoms with E-state index in [2.05, 4.69) is 15.4 Å². The Morgan fingerprint density at radius 1 is 1.08 bits per heavy atom. The highest BCUT2D eigenvalue weighted by Gasteiger charge is 2.25. The smallest absolute Gasteiger partial charge is 0.280 e. The van der Waals surface area contributed by atoms with Gasteiger partial charge in [-0.1, -0.05) is 31.2 Å². The summed E-state index contributed by atoms with van der Waals surface area (Å²) in [6.45, 7) is 3.80. The van der Waals surface area contributed by atoms with E-state index in [9.17, 15) is 9.18 Å². The van der Waals surface area contributed by atoms with Gasteiger partial charge in [0.25, 0.3) is 5.91 Å². The molecule has 0 fully saturated rings. The minimum Gasteiger partial charge on any atom is -0.484 e. The summed E-state index contributed by atoms with van der Waals surface area (Å²) in [5.74, 6) is 0.0665. The van der Waals surface area contributed by atoms with E-state index in [1.165, 1.54) is 23.5 Å². The van der Waals surface area contributed by atoms with Crippen LogP contribution in [-0.2, 0) is 0 Å². The molecule has 0 aliphatic carbocycles. The van der Waals surface area contributed by atoms with E-state index in [0.717, 1.165) is 27.0 Å². The topological polar surface area (TPSA) is 69.0 Å². The Hall–Kier alpha value is -3.75. The molecule has 5 rings (SSSR count). The van der Waals surface area contributed by atoms with E-state index < -0.39 is 6.10 Å². The predicted molar refractivity (Wildman–Crippen MR) is 146 cm³/mol. The van der Waals surface area contributed by atoms with Gasteiger partial charge in [-0.25, -0.2) is 14.1 Å². The number of carbonyl (C=O) groups excluding carboxylic acids is 1. The zero-order chi connectivity index (χ0) is 25.2. The van der Waals surface area contributed by atoms with Crippen molar-refractivity contribution >= 4 is 39.7 Å². The maximum Gasteiger partial charge on any atom is 0.280 e. The number of aryl methyl sites for hydroxylation is 1. The highest BCUT2D eigenvalue weighted by molar-refractivity contribution is 7.13. The van der Waals surface area contributed by atoms with Gasteiger partial charge in [0, 0.05) is 21.5 Å². The molecule has 0 bridgehead atoms. The number of halogens is 2. The number of aromatic nitrogens is 3. The third kappa shape index (κ3) is 5.81. The number of rotatable bonds is 7. The number of benzene rings is 3. The molecule has 0 unspecified atom stereocenters. The molecule has 6 nitrogen and oxygen atoms in total. The lowest BCUT2D eigenvalue weighted by Gasteiger charge is -2.26. The molecule has 0 saturated carbocycles. The summed E-state index contributed by atoms with van der Waals surface area (Å²) in [7, 11) is 0. The lowest BCUT2D eigenvalue weighted by Crippen LogP contribution is -2.39. The number of fused-ring (bicyclic) bond motifs is 1. The van der Waals surface area contributed by atoms with Crippen LogP contribution in [0.4, 0.5) is 4.39 Å². The van der Waals surface area contributed by atoms with E-state index in [1.54, 1.807) is 41.3 Å². The second-order valence-electron chi connectivity index (χ2n) is 8.38. The normalized spacial score (nSPS) is 12.5. The van der Waals surface area contributed by atoms with E-state index in [4.69, 9.17) is 16.3 Å². The number of hydrogen-bond acceptors (Lipinski definition) is 5. The summed E-state index contributed by atoms with van der Waals surface area (Å²) in [6, 6.07) is 18.8. The van der Waals surface area contributed by atoms with Gasteiger partial charge < -0.3 is 10.1 Å². The Morgan fingerprint density at radius 3 is 2.49 bits per heavy atom. The Kier molecular flexibility index (Phi) is 7.90. The molecule has 0 aliphatic rings. The van der Waals surface area contributed by atoms with E-state index >= 15 is 0 Å². The number of amides is 1. The molecule has 0 aliphatic heterocycles. The number of ether oxygens (including phenoxy) is 1. The largest absolute Gasteiger partial charge is 0.484 e. The van der Waals surface area contributed by atoms with Gasteiger partial charge >= 0.3 is 0 Å². The molecule has 0 saturated heterocycles. The number of hydrogen-bond donors (Lipinski definition) is 1. The number of carbonyl (C=O) groups is 1. The molecule has 2 aromatic heterocycles. The van der Waals surface area contributed by atoms with Crippen LogP contribution in [0.5, 0.6) is 5.75 Å². The number of nitrogens with one attached hydrogen (secondary N) is 1. The fraction of sp³-hybridized carbons (Fsp3) is 0.179. The lowest BCUT2D eigenvalue weighted by atomic mass is 10.0. The molecule has 0 spiro atoms. The molecule has 2 heterocycles. The van der Waals surface area contributed by atoms with Gasteiger partial charge in [0.2, 0.25) is 0 Å². The van der Waals surface area contributed by atoms with Gasteiger partial charge in [-0.05, 0) is 74.0 Å². The molecule has 5 aromatic rings. The van der Waals surface area contributed by atoms with Gasteiger partial charge in [0.1, 0.15) is 17.7 Å². The van der Waals surface area contributed by atoms with Crippen LogP contribution < -0.4 is 10.1 Å². The Balaban J connectivity index is 0.00000320.